The Balaban J connectivity index is 1.30. The van der Waals surface area contributed by atoms with Crippen molar-refractivity contribution in [1.82, 2.24) is 10.3 Å². The van der Waals surface area contributed by atoms with Gasteiger partial charge >= 0.3 is 0 Å². The number of benzene rings is 2. The van der Waals surface area contributed by atoms with Crippen LogP contribution in [0, 0.1) is 11.6 Å². The summed E-state index contributed by atoms with van der Waals surface area (Å²) in [4.78, 5) is 4.60. The van der Waals surface area contributed by atoms with E-state index in [1.807, 2.05) is 24.3 Å². The fraction of sp³-hybridized carbons (Fsp3) is 0.370. The van der Waals surface area contributed by atoms with Crippen LogP contribution in [0.3, 0.4) is 0 Å². The first-order valence-electron chi connectivity index (χ1n) is 11.8. The van der Waals surface area contributed by atoms with E-state index in [0.29, 0.717) is 25.5 Å². The number of methoxy groups -OCH3 is 1. The summed E-state index contributed by atoms with van der Waals surface area (Å²) in [6.07, 6.45) is 5.47. The Morgan fingerprint density at radius 3 is 2.83 bits per heavy atom. The molecule has 0 aliphatic carbocycles. The lowest BCUT2D eigenvalue weighted by Crippen LogP contribution is -2.47. The zero-order valence-electron chi connectivity index (χ0n) is 19.7. The van der Waals surface area contributed by atoms with Crippen LogP contribution < -0.4 is 15.8 Å². The summed E-state index contributed by atoms with van der Waals surface area (Å²) in [6, 6.07) is 10.9. The maximum absolute atomic E-state index is 13.7. The molecule has 1 aliphatic heterocycles. The molecule has 1 saturated heterocycles. The number of ether oxygens (including phenoxy) is 2. The molecule has 1 fully saturated rings. The van der Waals surface area contributed by atoms with Crippen molar-refractivity contribution < 1.29 is 23.4 Å². The molecule has 0 bridgehead atoms. The summed E-state index contributed by atoms with van der Waals surface area (Å²) >= 11 is 0. The largest absolute Gasteiger partial charge is 0.481 e. The molecule has 186 valence electrons. The third-order valence-corrected chi connectivity index (χ3v) is 6.38. The number of nitrogens with two attached hydrogens (primary N) is 1. The third kappa shape index (κ3) is 6.21. The second kappa shape index (κ2) is 11.7. The topological polar surface area (TPSA) is 89.6 Å². The van der Waals surface area contributed by atoms with Gasteiger partial charge in [0, 0.05) is 35.1 Å². The Labute approximate surface area is 203 Å². The molecule has 0 radical (unpaired) electrons. The van der Waals surface area contributed by atoms with Crippen molar-refractivity contribution in [2.75, 3.05) is 20.3 Å². The molecule has 0 amide bonds. The normalized spacial score (nSPS) is 19.3. The summed E-state index contributed by atoms with van der Waals surface area (Å²) in [5, 5.41) is 13.9. The molecule has 3 aromatic rings. The molecule has 6 nitrogen and oxygen atoms in total. The van der Waals surface area contributed by atoms with Gasteiger partial charge in [-0.25, -0.2) is 13.8 Å². The number of hydrogen-bond acceptors (Lipinski definition) is 6. The highest BCUT2D eigenvalue weighted by Crippen LogP contribution is 2.27. The van der Waals surface area contributed by atoms with E-state index in [1.165, 1.54) is 6.07 Å². The van der Waals surface area contributed by atoms with Crippen LogP contribution in [0.5, 0.6) is 5.88 Å². The zero-order chi connectivity index (χ0) is 24.8. The molecular weight excluding hydrogens is 452 g/mol. The van der Waals surface area contributed by atoms with Crippen LogP contribution in [-0.2, 0) is 17.8 Å². The van der Waals surface area contributed by atoms with Crippen molar-refractivity contribution in [2.45, 2.75) is 44.1 Å². The van der Waals surface area contributed by atoms with Crippen molar-refractivity contribution in [3.05, 3.63) is 76.9 Å². The first-order valence-corrected chi connectivity index (χ1v) is 11.8. The molecule has 35 heavy (non-hydrogen) atoms. The van der Waals surface area contributed by atoms with Gasteiger partial charge in [0.25, 0.3) is 0 Å². The molecule has 0 saturated carbocycles. The smallest absolute Gasteiger partial charge is 0.216 e. The van der Waals surface area contributed by atoms with Crippen LogP contribution in [0.1, 0.15) is 29.5 Å². The summed E-state index contributed by atoms with van der Waals surface area (Å²) in [5.41, 5.74) is 9.20. The quantitative estimate of drug-likeness (QED) is 0.430. The number of halogens is 2. The summed E-state index contributed by atoms with van der Waals surface area (Å²) < 4.78 is 38.5. The Bertz CT molecular complexity index is 1180. The maximum atomic E-state index is 13.7. The first kappa shape index (κ1) is 25.2. The fourth-order valence-corrected chi connectivity index (χ4v) is 4.46. The predicted molar refractivity (Wildman–Crippen MR) is 132 cm³/mol. The third-order valence-electron chi connectivity index (χ3n) is 6.38. The Hall–Kier alpha value is -2.91. The van der Waals surface area contributed by atoms with E-state index in [2.05, 4.69) is 10.3 Å². The monoisotopic (exact) mass is 483 g/mol. The number of pyridine rings is 1. The van der Waals surface area contributed by atoms with Gasteiger partial charge in [-0.2, -0.15) is 0 Å². The molecule has 1 aromatic heterocycles. The number of nitrogens with one attached hydrogen (secondary N) is 1. The molecule has 0 spiro atoms. The molecule has 1 aliphatic rings. The van der Waals surface area contributed by atoms with E-state index in [1.54, 1.807) is 19.3 Å². The van der Waals surface area contributed by atoms with Crippen molar-refractivity contribution in [3.63, 3.8) is 0 Å². The van der Waals surface area contributed by atoms with E-state index >= 15 is 0 Å². The van der Waals surface area contributed by atoms with Crippen LogP contribution >= 0.6 is 0 Å². The molecule has 0 unspecified atom stereocenters. The number of aliphatic hydroxyl groups excluding tert-OH is 1. The Kier molecular flexibility index (Phi) is 8.41. The molecule has 2 aromatic carbocycles. The molecule has 4 N–H and O–H groups in total. The fourth-order valence-electron chi connectivity index (χ4n) is 4.46. The standard InChI is InChI=1S/C27H31F2N3O3/c1-34-27-19(13-22-18(15-33)4-2-6-25(22)32-27)14-24(30)26-10-8-21(16-35-26)31-11-3-5-17-12-20(28)7-9-23(17)29/h2-7,9,12-13,21,24,26,31,33H,8,10-11,14-16,30H2,1H3/b5-3+/t21-,24+,26+/m1/s1. The SMILES string of the molecule is COc1nc2cccc(CO)c2cc1C[C@H](N)[C@@H]1CC[C@@H](NC/C=C/c2cc(F)ccc2F)CO1. The molecule has 3 atom stereocenters. The van der Waals surface area contributed by atoms with E-state index in [-0.39, 0.29) is 30.4 Å². The average molecular weight is 484 g/mol. The minimum atomic E-state index is -0.465. The lowest BCUT2D eigenvalue weighted by molar-refractivity contribution is -0.0157. The number of aromatic nitrogens is 1. The van der Waals surface area contributed by atoms with Gasteiger partial charge in [-0.05, 0) is 55.2 Å². The summed E-state index contributed by atoms with van der Waals surface area (Å²) in [6.45, 7) is 0.972. The van der Waals surface area contributed by atoms with Crippen LogP contribution in [-0.4, -0.2) is 48.5 Å². The van der Waals surface area contributed by atoms with Gasteiger partial charge in [-0.3, -0.25) is 0 Å². The minimum Gasteiger partial charge on any atom is -0.481 e. The zero-order valence-corrected chi connectivity index (χ0v) is 19.7. The second-order valence-electron chi connectivity index (χ2n) is 8.79. The lowest BCUT2D eigenvalue weighted by atomic mass is 9.94. The lowest BCUT2D eigenvalue weighted by Gasteiger charge is -2.33. The van der Waals surface area contributed by atoms with E-state index < -0.39 is 11.6 Å². The van der Waals surface area contributed by atoms with Crippen molar-refractivity contribution in [2.24, 2.45) is 5.73 Å². The van der Waals surface area contributed by atoms with Gasteiger partial charge in [0.2, 0.25) is 5.88 Å². The van der Waals surface area contributed by atoms with Crippen LogP contribution in [0.25, 0.3) is 17.0 Å². The van der Waals surface area contributed by atoms with Crippen molar-refractivity contribution >= 4 is 17.0 Å². The average Bonchev–Trinajstić information content (AvgIpc) is 2.88. The maximum Gasteiger partial charge on any atom is 0.216 e. The molecule has 2 heterocycles. The molecular formula is C27H31F2N3O3. The first-order chi connectivity index (χ1) is 17.0. The number of aliphatic hydroxyl groups is 1. The van der Waals surface area contributed by atoms with Crippen LogP contribution in [0.4, 0.5) is 8.78 Å². The summed E-state index contributed by atoms with van der Waals surface area (Å²) in [7, 11) is 1.59. The van der Waals surface area contributed by atoms with Gasteiger partial charge in [-0.1, -0.05) is 24.3 Å². The molecule has 4 rings (SSSR count). The summed E-state index contributed by atoms with van der Waals surface area (Å²) in [5.74, 6) is -0.390. The highest BCUT2D eigenvalue weighted by atomic mass is 19.1. The van der Waals surface area contributed by atoms with Gasteiger partial charge in [0.1, 0.15) is 11.6 Å². The van der Waals surface area contributed by atoms with Crippen molar-refractivity contribution in [1.29, 1.82) is 0 Å². The highest BCUT2D eigenvalue weighted by Gasteiger charge is 2.27. The molecule has 8 heteroatoms. The Morgan fingerprint density at radius 1 is 1.23 bits per heavy atom. The number of rotatable bonds is 9. The van der Waals surface area contributed by atoms with Crippen LogP contribution in [0.15, 0.2) is 48.5 Å². The second-order valence-corrected chi connectivity index (χ2v) is 8.79. The van der Waals surface area contributed by atoms with Crippen molar-refractivity contribution in [3.8, 4) is 5.88 Å². The number of fused-ring (bicyclic) bond motifs is 1. The number of nitrogens with zero attached hydrogens (tertiary/aromatic N) is 1. The minimum absolute atomic E-state index is 0.0661. The Morgan fingerprint density at radius 2 is 2.09 bits per heavy atom. The van der Waals surface area contributed by atoms with Gasteiger partial charge in [-0.15, -0.1) is 0 Å². The van der Waals surface area contributed by atoms with E-state index in [4.69, 9.17) is 15.2 Å². The highest BCUT2D eigenvalue weighted by molar-refractivity contribution is 5.83. The number of hydrogen-bond donors (Lipinski definition) is 3. The van der Waals surface area contributed by atoms with E-state index in [9.17, 15) is 13.9 Å². The van der Waals surface area contributed by atoms with Crippen LogP contribution in [0.2, 0.25) is 0 Å². The van der Waals surface area contributed by atoms with E-state index in [0.717, 1.165) is 47.0 Å². The van der Waals surface area contributed by atoms with Gasteiger partial charge < -0.3 is 25.6 Å². The predicted octanol–water partition coefficient (Wildman–Crippen LogP) is 3.73. The van der Waals surface area contributed by atoms with Gasteiger partial charge in [0.05, 0.1) is 31.9 Å². The van der Waals surface area contributed by atoms with Gasteiger partial charge in [0.15, 0.2) is 0 Å².